The molecule has 1 amide bonds. The first-order valence-electron chi connectivity index (χ1n) is 10.9. The minimum absolute atomic E-state index is 0.125. The number of pyridine rings is 1. The lowest BCUT2D eigenvalue weighted by Crippen LogP contribution is -2.30. The average Bonchev–Trinajstić information content (AvgIpc) is 3.30. The number of aliphatic hydroxyl groups is 1. The molecule has 0 radical (unpaired) electrons. The number of nitrogens with zero attached hydrogens (tertiary/aromatic N) is 2. The number of hydrogen-bond donors (Lipinski definition) is 2. The van der Waals surface area contributed by atoms with Gasteiger partial charge in [0.2, 0.25) is 5.88 Å². The Morgan fingerprint density at radius 2 is 1.91 bits per heavy atom. The third kappa shape index (κ3) is 5.48. The van der Waals surface area contributed by atoms with Gasteiger partial charge in [-0.2, -0.15) is 13.2 Å². The van der Waals surface area contributed by atoms with E-state index in [1.165, 1.54) is 6.07 Å². The third-order valence-corrected chi connectivity index (χ3v) is 5.58. The van der Waals surface area contributed by atoms with Crippen LogP contribution in [-0.2, 0) is 6.18 Å². The number of anilines is 1. The first-order chi connectivity index (χ1) is 16.3. The smallest absolute Gasteiger partial charge is 0.417 e. The summed E-state index contributed by atoms with van der Waals surface area (Å²) in [4.78, 5) is 18.7. The van der Waals surface area contributed by atoms with Crippen molar-refractivity contribution in [3.63, 3.8) is 0 Å². The van der Waals surface area contributed by atoms with Gasteiger partial charge in [0.1, 0.15) is 6.10 Å². The zero-order valence-electron chi connectivity index (χ0n) is 18.3. The highest BCUT2D eigenvalue weighted by Gasteiger charge is 2.31. The van der Waals surface area contributed by atoms with Crippen molar-refractivity contribution in [1.29, 1.82) is 0 Å². The molecule has 1 aromatic heterocycles. The summed E-state index contributed by atoms with van der Waals surface area (Å²) in [5, 5.41) is 11.8. The van der Waals surface area contributed by atoms with Gasteiger partial charge in [-0.05, 0) is 29.3 Å². The predicted molar refractivity (Wildman–Crippen MR) is 122 cm³/mol. The quantitative estimate of drug-likeness (QED) is 0.542. The van der Waals surface area contributed by atoms with Crippen molar-refractivity contribution in [2.45, 2.75) is 18.7 Å². The molecule has 34 heavy (non-hydrogen) atoms. The van der Waals surface area contributed by atoms with Crippen molar-refractivity contribution in [2.75, 3.05) is 31.1 Å². The molecule has 3 aromatic rings. The van der Waals surface area contributed by atoms with E-state index < -0.39 is 11.7 Å². The number of ether oxygens (including phenoxy) is 1. The second-order valence-corrected chi connectivity index (χ2v) is 7.93. The number of amides is 1. The molecule has 4 rings (SSSR count). The topological polar surface area (TPSA) is 74.7 Å². The van der Waals surface area contributed by atoms with Crippen LogP contribution in [0.2, 0.25) is 0 Å². The number of alkyl halides is 3. The van der Waals surface area contributed by atoms with E-state index >= 15 is 0 Å². The fourth-order valence-corrected chi connectivity index (χ4v) is 3.90. The number of aliphatic hydroxyl groups excluding tert-OH is 1. The maximum atomic E-state index is 12.9. The van der Waals surface area contributed by atoms with E-state index in [2.05, 4.69) is 10.3 Å². The van der Waals surface area contributed by atoms with Crippen LogP contribution in [0.4, 0.5) is 18.9 Å². The summed E-state index contributed by atoms with van der Waals surface area (Å²) in [5.41, 5.74) is 2.23. The molecule has 9 heteroatoms. The minimum atomic E-state index is -4.45. The van der Waals surface area contributed by atoms with Crippen LogP contribution in [-0.4, -0.2) is 48.3 Å². The highest BCUT2D eigenvalue weighted by Crippen LogP contribution is 2.32. The largest absolute Gasteiger partial charge is 0.472 e. The Bertz CT molecular complexity index is 1120. The first-order valence-corrected chi connectivity index (χ1v) is 10.9. The van der Waals surface area contributed by atoms with Crippen LogP contribution in [0.15, 0.2) is 66.9 Å². The standard InChI is InChI=1S/C25H24F3N3O3/c26-25(27,28)19-7-9-23(30-15-19)34-20-10-12-31(16-20)22-8-6-18(17-4-2-1-3-5-17)14-21(22)24(33)29-11-13-32/h1-9,14-15,20,32H,10-13,16H2,(H,29,33). The van der Waals surface area contributed by atoms with Crippen LogP contribution >= 0.6 is 0 Å². The van der Waals surface area contributed by atoms with Gasteiger partial charge in [0.05, 0.1) is 24.3 Å². The summed E-state index contributed by atoms with van der Waals surface area (Å²) in [6, 6.07) is 17.5. The molecule has 1 aliphatic heterocycles. The van der Waals surface area contributed by atoms with Gasteiger partial charge in [-0.15, -0.1) is 0 Å². The lowest BCUT2D eigenvalue weighted by atomic mass is 10.0. The average molecular weight is 471 g/mol. The number of nitrogens with one attached hydrogen (secondary N) is 1. The maximum Gasteiger partial charge on any atom is 0.417 e. The van der Waals surface area contributed by atoms with E-state index in [1.54, 1.807) is 0 Å². The van der Waals surface area contributed by atoms with Crippen molar-refractivity contribution in [3.05, 3.63) is 78.0 Å². The lowest BCUT2D eigenvalue weighted by molar-refractivity contribution is -0.137. The molecule has 1 aliphatic rings. The summed E-state index contributed by atoms with van der Waals surface area (Å²) >= 11 is 0. The number of benzene rings is 2. The number of aromatic nitrogens is 1. The molecule has 0 aliphatic carbocycles. The SMILES string of the molecule is O=C(NCCO)c1cc(-c2ccccc2)ccc1N1CCC(Oc2ccc(C(F)(F)F)cn2)C1. The molecule has 1 fully saturated rings. The van der Waals surface area contributed by atoms with Gasteiger partial charge < -0.3 is 20.1 Å². The number of rotatable bonds is 7. The normalized spacial score (nSPS) is 15.9. The fraction of sp³-hybridized carbons (Fsp3) is 0.280. The molecule has 1 unspecified atom stereocenters. The second kappa shape index (κ2) is 10.1. The van der Waals surface area contributed by atoms with Crippen molar-refractivity contribution >= 4 is 11.6 Å². The minimum Gasteiger partial charge on any atom is -0.472 e. The predicted octanol–water partition coefficient (Wildman–Crippen LogP) is 4.15. The Kier molecular flexibility index (Phi) is 7.02. The molecular formula is C25H24F3N3O3. The van der Waals surface area contributed by atoms with Gasteiger partial charge in [0.25, 0.3) is 5.91 Å². The second-order valence-electron chi connectivity index (χ2n) is 7.93. The number of halogens is 3. The van der Waals surface area contributed by atoms with E-state index in [1.807, 2.05) is 53.4 Å². The summed E-state index contributed by atoms with van der Waals surface area (Å²) < 4.78 is 44.0. The van der Waals surface area contributed by atoms with Crippen LogP contribution < -0.4 is 15.0 Å². The fourth-order valence-electron chi connectivity index (χ4n) is 3.90. The molecule has 1 saturated heterocycles. The monoisotopic (exact) mass is 471 g/mol. The third-order valence-electron chi connectivity index (χ3n) is 5.58. The van der Waals surface area contributed by atoms with Crippen molar-refractivity contribution < 1.29 is 27.8 Å². The van der Waals surface area contributed by atoms with Crippen LogP contribution in [0.3, 0.4) is 0 Å². The van der Waals surface area contributed by atoms with Gasteiger partial charge in [-0.25, -0.2) is 4.98 Å². The number of carbonyl (C=O) groups excluding carboxylic acids is 1. The van der Waals surface area contributed by atoms with E-state index in [-0.39, 0.29) is 31.0 Å². The van der Waals surface area contributed by atoms with E-state index in [4.69, 9.17) is 9.84 Å². The van der Waals surface area contributed by atoms with Crippen LogP contribution in [0, 0.1) is 0 Å². The maximum absolute atomic E-state index is 12.9. The molecule has 178 valence electrons. The highest BCUT2D eigenvalue weighted by molar-refractivity contribution is 6.01. The Labute approximate surface area is 195 Å². The summed E-state index contributed by atoms with van der Waals surface area (Å²) in [7, 11) is 0. The number of hydrogen-bond acceptors (Lipinski definition) is 5. The van der Waals surface area contributed by atoms with Gasteiger partial charge in [-0.1, -0.05) is 36.4 Å². The van der Waals surface area contributed by atoms with Gasteiger partial charge >= 0.3 is 6.18 Å². The molecular weight excluding hydrogens is 447 g/mol. The van der Waals surface area contributed by atoms with Crippen LogP contribution in [0.5, 0.6) is 5.88 Å². The molecule has 6 nitrogen and oxygen atoms in total. The Hall–Kier alpha value is -3.59. The van der Waals surface area contributed by atoms with Gasteiger partial charge in [0.15, 0.2) is 0 Å². The van der Waals surface area contributed by atoms with Crippen LogP contribution in [0.1, 0.15) is 22.3 Å². The van der Waals surface area contributed by atoms with Crippen LogP contribution in [0.25, 0.3) is 11.1 Å². The molecule has 2 N–H and O–H groups in total. The van der Waals surface area contributed by atoms with Gasteiger partial charge in [-0.3, -0.25) is 4.79 Å². The summed E-state index contributed by atoms with van der Waals surface area (Å²) in [6.45, 7) is 1.03. The van der Waals surface area contributed by atoms with Crippen molar-refractivity contribution in [1.82, 2.24) is 10.3 Å². The Balaban J connectivity index is 1.52. The summed E-state index contributed by atoms with van der Waals surface area (Å²) in [5.74, 6) is -0.171. The molecule has 0 spiro atoms. The zero-order chi connectivity index (χ0) is 24.1. The molecule has 2 heterocycles. The zero-order valence-corrected chi connectivity index (χ0v) is 18.3. The van der Waals surface area contributed by atoms with E-state index in [0.29, 0.717) is 25.1 Å². The summed E-state index contributed by atoms with van der Waals surface area (Å²) in [6.07, 6.45) is -3.35. The van der Waals surface area contributed by atoms with Crippen molar-refractivity contribution in [2.24, 2.45) is 0 Å². The van der Waals surface area contributed by atoms with Gasteiger partial charge in [0, 0.05) is 37.5 Å². The molecule has 0 saturated carbocycles. The number of carbonyl (C=O) groups is 1. The highest BCUT2D eigenvalue weighted by atomic mass is 19.4. The first kappa shape index (κ1) is 23.6. The lowest BCUT2D eigenvalue weighted by Gasteiger charge is -2.22. The Morgan fingerprint density at radius 3 is 2.59 bits per heavy atom. The molecule has 1 atom stereocenters. The molecule has 2 aromatic carbocycles. The van der Waals surface area contributed by atoms with E-state index in [9.17, 15) is 18.0 Å². The molecule has 0 bridgehead atoms. The van der Waals surface area contributed by atoms with Crippen molar-refractivity contribution in [3.8, 4) is 17.0 Å². The Morgan fingerprint density at radius 1 is 1.12 bits per heavy atom. The van der Waals surface area contributed by atoms with E-state index in [0.717, 1.165) is 29.1 Å².